The van der Waals surface area contributed by atoms with Crippen LogP contribution in [-0.2, 0) is 4.74 Å². The second-order valence-corrected chi connectivity index (χ2v) is 4.15. The molecule has 17 heavy (non-hydrogen) atoms. The minimum atomic E-state index is 0.729. The van der Waals surface area contributed by atoms with Crippen LogP contribution >= 0.6 is 0 Å². The van der Waals surface area contributed by atoms with E-state index in [2.05, 4.69) is 22.2 Å². The summed E-state index contributed by atoms with van der Waals surface area (Å²) < 4.78 is 5.02. The topological polar surface area (TPSA) is 63.4 Å². The lowest BCUT2D eigenvalue weighted by Crippen LogP contribution is -2.28. The van der Waals surface area contributed by atoms with E-state index in [0.29, 0.717) is 0 Å². The zero-order chi connectivity index (χ0) is 12.7. The molecule has 0 bridgehead atoms. The highest BCUT2D eigenvalue weighted by atomic mass is 16.5. The molecule has 5 nitrogen and oxygen atoms in total. The van der Waals surface area contributed by atoms with Gasteiger partial charge in [-0.05, 0) is 25.6 Å². The number of hydrogen-bond acceptors (Lipinski definition) is 5. The number of pyridine rings is 1. The SMILES string of the molecule is COCCN(C)CCNc1cc(C)c(N)cn1. The molecule has 0 atom stereocenters. The van der Waals surface area contributed by atoms with Gasteiger partial charge in [-0.25, -0.2) is 4.98 Å². The van der Waals surface area contributed by atoms with Crippen molar-refractivity contribution >= 4 is 11.5 Å². The average Bonchev–Trinajstić information content (AvgIpc) is 2.31. The van der Waals surface area contributed by atoms with E-state index in [1.807, 2.05) is 13.0 Å². The Morgan fingerprint density at radius 1 is 1.47 bits per heavy atom. The van der Waals surface area contributed by atoms with E-state index in [0.717, 1.165) is 43.3 Å². The summed E-state index contributed by atoms with van der Waals surface area (Å²) in [6.07, 6.45) is 1.69. The predicted molar refractivity (Wildman–Crippen MR) is 71.2 cm³/mol. The lowest BCUT2D eigenvalue weighted by molar-refractivity contribution is 0.163. The molecule has 96 valence electrons. The van der Waals surface area contributed by atoms with Gasteiger partial charge in [0.05, 0.1) is 18.5 Å². The minimum absolute atomic E-state index is 0.729. The molecule has 3 N–H and O–H groups in total. The summed E-state index contributed by atoms with van der Waals surface area (Å²) in [5, 5.41) is 3.27. The van der Waals surface area contributed by atoms with Crippen LogP contribution < -0.4 is 11.1 Å². The number of aromatic nitrogens is 1. The maximum absolute atomic E-state index is 5.71. The van der Waals surface area contributed by atoms with Crippen molar-refractivity contribution in [2.24, 2.45) is 0 Å². The van der Waals surface area contributed by atoms with Crippen LogP contribution in [0.4, 0.5) is 11.5 Å². The summed E-state index contributed by atoms with van der Waals surface area (Å²) in [7, 11) is 3.79. The molecule has 0 radical (unpaired) electrons. The quantitative estimate of drug-likeness (QED) is 0.741. The van der Waals surface area contributed by atoms with E-state index in [-0.39, 0.29) is 0 Å². The van der Waals surface area contributed by atoms with Crippen molar-refractivity contribution in [1.29, 1.82) is 0 Å². The minimum Gasteiger partial charge on any atom is -0.397 e. The van der Waals surface area contributed by atoms with Gasteiger partial charge in [-0.1, -0.05) is 0 Å². The van der Waals surface area contributed by atoms with E-state index in [1.54, 1.807) is 13.3 Å². The lowest BCUT2D eigenvalue weighted by atomic mass is 10.2. The molecule has 0 fully saturated rings. The summed E-state index contributed by atoms with van der Waals surface area (Å²) in [4.78, 5) is 6.43. The maximum Gasteiger partial charge on any atom is 0.126 e. The molecule has 0 saturated carbocycles. The van der Waals surface area contributed by atoms with E-state index < -0.39 is 0 Å². The van der Waals surface area contributed by atoms with Gasteiger partial charge in [0.15, 0.2) is 0 Å². The summed E-state index contributed by atoms with van der Waals surface area (Å²) in [5.74, 6) is 0.872. The summed E-state index contributed by atoms with van der Waals surface area (Å²) in [5.41, 5.74) is 7.49. The molecular formula is C12H22N4O. The van der Waals surface area contributed by atoms with Crippen LogP contribution in [0.15, 0.2) is 12.3 Å². The Labute approximate surface area is 103 Å². The van der Waals surface area contributed by atoms with Gasteiger partial charge >= 0.3 is 0 Å². The van der Waals surface area contributed by atoms with E-state index in [4.69, 9.17) is 10.5 Å². The first kappa shape index (κ1) is 13.7. The second-order valence-electron chi connectivity index (χ2n) is 4.15. The van der Waals surface area contributed by atoms with Crippen LogP contribution in [0.3, 0.4) is 0 Å². The van der Waals surface area contributed by atoms with Crippen LogP contribution in [0.1, 0.15) is 5.56 Å². The van der Waals surface area contributed by atoms with Gasteiger partial charge in [-0.3, -0.25) is 0 Å². The monoisotopic (exact) mass is 238 g/mol. The number of nitrogen functional groups attached to an aromatic ring is 1. The molecule has 1 aromatic heterocycles. The normalized spacial score (nSPS) is 10.8. The number of rotatable bonds is 7. The lowest BCUT2D eigenvalue weighted by Gasteiger charge is -2.16. The van der Waals surface area contributed by atoms with Crippen LogP contribution in [0.5, 0.6) is 0 Å². The van der Waals surface area contributed by atoms with Crippen LogP contribution in [0.25, 0.3) is 0 Å². The first-order valence-electron chi connectivity index (χ1n) is 5.77. The summed E-state index contributed by atoms with van der Waals surface area (Å²) >= 11 is 0. The molecule has 0 aliphatic carbocycles. The van der Waals surface area contributed by atoms with Crippen molar-refractivity contribution in [2.75, 3.05) is 51.4 Å². The summed E-state index contributed by atoms with van der Waals surface area (Å²) in [6, 6.07) is 1.96. The second kappa shape index (κ2) is 7.09. The van der Waals surface area contributed by atoms with Gasteiger partial charge in [0.1, 0.15) is 5.82 Å². The molecule has 1 aromatic rings. The van der Waals surface area contributed by atoms with Crippen molar-refractivity contribution in [2.45, 2.75) is 6.92 Å². The molecule has 5 heteroatoms. The Balaban J connectivity index is 2.28. The van der Waals surface area contributed by atoms with Gasteiger partial charge in [0, 0.05) is 26.7 Å². The number of hydrogen-bond donors (Lipinski definition) is 2. The maximum atomic E-state index is 5.71. The number of likely N-dealkylation sites (N-methyl/N-ethyl adjacent to an activating group) is 1. The van der Waals surface area contributed by atoms with Crippen molar-refractivity contribution in [3.63, 3.8) is 0 Å². The Morgan fingerprint density at radius 2 is 2.24 bits per heavy atom. The van der Waals surface area contributed by atoms with Crippen molar-refractivity contribution in [3.8, 4) is 0 Å². The smallest absolute Gasteiger partial charge is 0.126 e. The van der Waals surface area contributed by atoms with E-state index >= 15 is 0 Å². The fraction of sp³-hybridized carbons (Fsp3) is 0.583. The third-order valence-electron chi connectivity index (χ3n) is 2.63. The third kappa shape index (κ3) is 5.01. The fourth-order valence-corrected chi connectivity index (χ4v) is 1.40. The van der Waals surface area contributed by atoms with Crippen molar-refractivity contribution in [1.82, 2.24) is 9.88 Å². The van der Waals surface area contributed by atoms with Gasteiger partial charge in [0.25, 0.3) is 0 Å². The van der Waals surface area contributed by atoms with Crippen molar-refractivity contribution in [3.05, 3.63) is 17.8 Å². The fourth-order valence-electron chi connectivity index (χ4n) is 1.40. The van der Waals surface area contributed by atoms with Gasteiger partial charge in [-0.15, -0.1) is 0 Å². The Hall–Kier alpha value is -1.33. The Kier molecular flexibility index (Phi) is 5.72. The average molecular weight is 238 g/mol. The number of nitrogens with two attached hydrogens (primary N) is 1. The highest BCUT2D eigenvalue weighted by molar-refractivity contribution is 5.50. The summed E-state index contributed by atoms with van der Waals surface area (Å²) in [6.45, 7) is 5.49. The number of nitrogens with one attached hydrogen (secondary N) is 1. The van der Waals surface area contributed by atoms with Crippen LogP contribution in [-0.4, -0.2) is 50.3 Å². The molecular weight excluding hydrogens is 216 g/mol. The number of aryl methyl sites for hydroxylation is 1. The molecule has 0 spiro atoms. The zero-order valence-electron chi connectivity index (χ0n) is 10.9. The first-order chi connectivity index (χ1) is 8.13. The predicted octanol–water partition coefficient (Wildman–Crippen LogP) is 0.962. The highest BCUT2D eigenvalue weighted by Gasteiger charge is 2.00. The first-order valence-corrected chi connectivity index (χ1v) is 5.77. The molecule has 0 unspecified atom stereocenters. The van der Waals surface area contributed by atoms with Gasteiger partial charge in [-0.2, -0.15) is 0 Å². The van der Waals surface area contributed by atoms with Gasteiger partial charge < -0.3 is 20.7 Å². The van der Waals surface area contributed by atoms with Crippen LogP contribution in [0, 0.1) is 6.92 Å². The number of ether oxygens (including phenoxy) is 1. The van der Waals surface area contributed by atoms with Crippen molar-refractivity contribution < 1.29 is 4.74 Å². The molecule has 0 aromatic carbocycles. The zero-order valence-corrected chi connectivity index (χ0v) is 10.9. The molecule has 0 saturated heterocycles. The third-order valence-corrected chi connectivity index (χ3v) is 2.63. The number of methoxy groups -OCH3 is 1. The standard InChI is InChI=1S/C12H22N4O/c1-10-8-12(15-9-11(10)13)14-4-5-16(2)6-7-17-3/h8-9H,4-7,13H2,1-3H3,(H,14,15). The largest absolute Gasteiger partial charge is 0.397 e. The number of nitrogens with zero attached hydrogens (tertiary/aromatic N) is 2. The van der Waals surface area contributed by atoms with Gasteiger partial charge in [0.2, 0.25) is 0 Å². The van der Waals surface area contributed by atoms with Crippen LogP contribution in [0.2, 0.25) is 0 Å². The Bertz CT molecular complexity index is 343. The van der Waals surface area contributed by atoms with E-state index in [1.165, 1.54) is 0 Å². The molecule has 0 amide bonds. The molecule has 1 rings (SSSR count). The number of anilines is 2. The van der Waals surface area contributed by atoms with E-state index in [9.17, 15) is 0 Å². The Morgan fingerprint density at radius 3 is 2.88 bits per heavy atom. The molecule has 0 aliphatic heterocycles. The highest BCUT2D eigenvalue weighted by Crippen LogP contribution is 2.12. The molecule has 0 aliphatic rings. The molecule has 1 heterocycles.